The van der Waals surface area contributed by atoms with Crippen molar-refractivity contribution in [2.24, 2.45) is 5.92 Å². The van der Waals surface area contributed by atoms with Crippen LogP contribution in [0.15, 0.2) is 6.33 Å². The number of carbonyl (C=O) groups is 1. The maximum Gasteiger partial charge on any atom is 0.239 e. The Morgan fingerprint density at radius 2 is 2.17 bits per heavy atom. The van der Waals surface area contributed by atoms with Crippen LogP contribution in [0.1, 0.15) is 26.3 Å². The third kappa shape index (κ3) is 4.49. The third-order valence-electron chi connectivity index (χ3n) is 2.37. The molecule has 1 rings (SSSR count). The van der Waals surface area contributed by atoms with Crippen LogP contribution >= 0.6 is 11.6 Å². The van der Waals surface area contributed by atoms with Crippen molar-refractivity contribution in [2.45, 2.75) is 27.2 Å². The third-order valence-corrected chi connectivity index (χ3v) is 2.70. The Kier molecular flexibility index (Phi) is 5.85. The number of rotatable bonds is 6. The first-order valence-electron chi connectivity index (χ1n) is 6.04. The minimum atomic E-state index is -0.0551. The Morgan fingerprint density at radius 3 is 2.78 bits per heavy atom. The van der Waals surface area contributed by atoms with Gasteiger partial charge >= 0.3 is 0 Å². The molecule has 0 aliphatic carbocycles. The van der Waals surface area contributed by atoms with Crippen molar-refractivity contribution in [3.63, 3.8) is 0 Å². The number of carbonyl (C=O) groups excluding carboxylic acids is 1. The first-order valence-corrected chi connectivity index (χ1v) is 6.42. The Morgan fingerprint density at radius 1 is 1.44 bits per heavy atom. The summed E-state index contributed by atoms with van der Waals surface area (Å²) >= 11 is 5.96. The van der Waals surface area contributed by atoms with Gasteiger partial charge in [0.25, 0.3) is 0 Å². The van der Waals surface area contributed by atoms with E-state index in [2.05, 4.69) is 20.6 Å². The van der Waals surface area contributed by atoms with Gasteiger partial charge in [0.1, 0.15) is 17.3 Å². The fourth-order valence-corrected chi connectivity index (χ4v) is 1.67. The van der Waals surface area contributed by atoms with Crippen LogP contribution in [-0.2, 0) is 11.2 Å². The summed E-state index contributed by atoms with van der Waals surface area (Å²) in [7, 11) is 0. The molecule has 0 radical (unpaired) electrons. The summed E-state index contributed by atoms with van der Waals surface area (Å²) in [5.74, 6) is 1.01. The van der Waals surface area contributed by atoms with Crippen LogP contribution in [0.5, 0.6) is 0 Å². The topological polar surface area (TPSA) is 66.9 Å². The number of amides is 1. The average Bonchev–Trinajstić information content (AvgIpc) is 2.33. The number of anilines is 1. The molecule has 1 aromatic heterocycles. The summed E-state index contributed by atoms with van der Waals surface area (Å²) in [6.45, 7) is 6.92. The van der Waals surface area contributed by atoms with E-state index in [4.69, 9.17) is 11.6 Å². The molecule has 5 nitrogen and oxygen atoms in total. The van der Waals surface area contributed by atoms with Crippen molar-refractivity contribution in [1.82, 2.24) is 15.3 Å². The molecule has 1 amide bonds. The van der Waals surface area contributed by atoms with Crippen molar-refractivity contribution < 1.29 is 4.79 Å². The Balaban J connectivity index is 2.53. The van der Waals surface area contributed by atoms with Crippen molar-refractivity contribution in [2.75, 3.05) is 18.4 Å². The molecule has 0 fully saturated rings. The zero-order valence-corrected chi connectivity index (χ0v) is 11.7. The second kappa shape index (κ2) is 7.16. The van der Waals surface area contributed by atoms with Crippen LogP contribution in [0, 0.1) is 5.92 Å². The minimum Gasteiger partial charge on any atom is -0.361 e. The molecule has 100 valence electrons. The summed E-state index contributed by atoms with van der Waals surface area (Å²) in [4.78, 5) is 19.6. The van der Waals surface area contributed by atoms with E-state index in [1.165, 1.54) is 6.33 Å². The van der Waals surface area contributed by atoms with Gasteiger partial charge in [-0.25, -0.2) is 9.97 Å². The highest BCUT2D eigenvalue weighted by Crippen LogP contribution is 2.19. The fraction of sp³-hybridized carbons (Fsp3) is 0.583. The number of hydrogen-bond donors (Lipinski definition) is 2. The number of halogens is 1. The summed E-state index contributed by atoms with van der Waals surface area (Å²) in [6, 6.07) is 0. The zero-order valence-electron chi connectivity index (χ0n) is 11.0. The van der Waals surface area contributed by atoms with Crippen LogP contribution in [0.25, 0.3) is 0 Å². The normalized spacial score (nSPS) is 10.5. The molecule has 1 heterocycles. The van der Waals surface area contributed by atoms with E-state index in [1.54, 1.807) is 0 Å². The van der Waals surface area contributed by atoms with E-state index in [0.29, 0.717) is 23.4 Å². The molecule has 0 saturated heterocycles. The molecule has 0 unspecified atom stereocenters. The molecule has 0 spiro atoms. The first kappa shape index (κ1) is 14.7. The molecule has 0 aliphatic rings. The molecule has 1 aromatic rings. The molecule has 0 saturated carbocycles. The molecule has 18 heavy (non-hydrogen) atoms. The van der Waals surface area contributed by atoms with Crippen molar-refractivity contribution in [1.29, 1.82) is 0 Å². The number of nitrogens with one attached hydrogen (secondary N) is 2. The predicted octanol–water partition coefficient (Wildman–Crippen LogP) is 1.88. The zero-order chi connectivity index (χ0) is 13.5. The largest absolute Gasteiger partial charge is 0.361 e. The van der Waals surface area contributed by atoms with Crippen molar-refractivity contribution in [3.05, 3.63) is 17.0 Å². The number of hydrogen-bond acceptors (Lipinski definition) is 4. The lowest BCUT2D eigenvalue weighted by Gasteiger charge is -2.11. The molecule has 0 aromatic carbocycles. The van der Waals surface area contributed by atoms with Gasteiger partial charge in [-0.15, -0.1) is 0 Å². The monoisotopic (exact) mass is 270 g/mol. The SMILES string of the molecule is CCc1c(Cl)ncnc1NCC(=O)NCC(C)C. The van der Waals surface area contributed by atoms with E-state index >= 15 is 0 Å². The van der Waals surface area contributed by atoms with Crippen LogP contribution in [0.3, 0.4) is 0 Å². The molecule has 2 N–H and O–H groups in total. The van der Waals surface area contributed by atoms with Gasteiger partial charge in [-0.1, -0.05) is 32.4 Å². The lowest BCUT2D eigenvalue weighted by molar-refractivity contribution is -0.119. The van der Waals surface area contributed by atoms with Gasteiger partial charge in [-0.05, 0) is 12.3 Å². The predicted molar refractivity (Wildman–Crippen MR) is 72.8 cm³/mol. The summed E-state index contributed by atoms with van der Waals surface area (Å²) < 4.78 is 0. The van der Waals surface area contributed by atoms with Gasteiger partial charge in [0, 0.05) is 12.1 Å². The van der Waals surface area contributed by atoms with E-state index in [-0.39, 0.29) is 12.5 Å². The number of nitrogens with zero attached hydrogens (tertiary/aromatic N) is 2. The highest BCUT2D eigenvalue weighted by Gasteiger charge is 2.09. The van der Waals surface area contributed by atoms with E-state index in [1.807, 2.05) is 20.8 Å². The molecule has 0 atom stereocenters. The Labute approximate surface area is 112 Å². The van der Waals surface area contributed by atoms with Crippen molar-refractivity contribution in [3.8, 4) is 0 Å². The van der Waals surface area contributed by atoms with Crippen LogP contribution in [0.4, 0.5) is 5.82 Å². The highest BCUT2D eigenvalue weighted by molar-refractivity contribution is 6.30. The van der Waals surface area contributed by atoms with E-state index < -0.39 is 0 Å². The standard InChI is InChI=1S/C12H19ClN4O/c1-4-9-11(13)16-7-17-12(9)15-6-10(18)14-5-8(2)3/h7-8H,4-6H2,1-3H3,(H,14,18)(H,15,16,17). The maximum absolute atomic E-state index is 11.6. The maximum atomic E-state index is 11.6. The van der Waals surface area contributed by atoms with Gasteiger partial charge in [0.2, 0.25) is 5.91 Å². The van der Waals surface area contributed by atoms with E-state index in [0.717, 1.165) is 12.0 Å². The van der Waals surface area contributed by atoms with Crippen LogP contribution < -0.4 is 10.6 Å². The lowest BCUT2D eigenvalue weighted by atomic mass is 10.2. The highest BCUT2D eigenvalue weighted by atomic mass is 35.5. The van der Waals surface area contributed by atoms with Crippen LogP contribution in [-0.4, -0.2) is 29.0 Å². The van der Waals surface area contributed by atoms with Crippen molar-refractivity contribution >= 4 is 23.3 Å². The fourth-order valence-electron chi connectivity index (χ4n) is 1.40. The molecular formula is C12H19ClN4O. The summed E-state index contributed by atoms with van der Waals surface area (Å²) in [5, 5.41) is 6.24. The second-order valence-electron chi connectivity index (χ2n) is 4.40. The molecule has 6 heteroatoms. The molecular weight excluding hydrogens is 252 g/mol. The van der Waals surface area contributed by atoms with Gasteiger partial charge in [-0.3, -0.25) is 4.79 Å². The summed E-state index contributed by atoms with van der Waals surface area (Å²) in [6.07, 6.45) is 2.10. The van der Waals surface area contributed by atoms with Gasteiger partial charge in [0.05, 0.1) is 6.54 Å². The molecule has 0 aliphatic heterocycles. The second-order valence-corrected chi connectivity index (χ2v) is 4.75. The molecule has 0 bridgehead atoms. The quantitative estimate of drug-likeness (QED) is 0.775. The van der Waals surface area contributed by atoms with Gasteiger partial charge in [0.15, 0.2) is 0 Å². The lowest BCUT2D eigenvalue weighted by Crippen LogP contribution is -2.32. The smallest absolute Gasteiger partial charge is 0.239 e. The first-order chi connectivity index (χ1) is 8.54. The van der Waals surface area contributed by atoms with Gasteiger partial charge in [-0.2, -0.15) is 0 Å². The average molecular weight is 271 g/mol. The summed E-state index contributed by atoms with van der Waals surface area (Å²) in [5.41, 5.74) is 0.829. The number of aromatic nitrogens is 2. The van der Waals surface area contributed by atoms with E-state index in [9.17, 15) is 4.79 Å². The minimum absolute atomic E-state index is 0.0551. The Hall–Kier alpha value is -1.36. The Bertz CT molecular complexity index is 409. The van der Waals surface area contributed by atoms with Crippen LogP contribution in [0.2, 0.25) is 5.15 Å². The van der Waals surface area contributed by atoms with Gasteiger partial charge < -0.3 is 10.6 Å².